The molecule has 4 aromatic rings. The summed E-state index contributed by atoms with van der Waals surface area (Å²) < 4.78 is 15.3. The Labute approximate surface area is 150 Å². The quantitative estimate of drug-likeness (QED) is 0.574. The summed E-state index contributed by atoms with van der Waals surface area (Å²) >= 11 is 0. The van der Waals surface area contributed by atoms with Crippen molar-refractivity contribution in [2.24, 2.45) is 0 Å². The predicted octanol–water partition coefficient (Wildman–Crippen LogP) is 1.58. The van der Waals surface area contributed by atoms with E-state index in [1.165, 1.54) is 6.20 Å². The Bertz CT molecular complexity index is 1280. The summed E-state index contributed by atoms with van der Waals surface area (Å²) in [6, 6.07) is 7.48. The van der Waals surface area contributed by atoms with Crippen LogP contribution in [-0.2, 0) is 0 Å². The number of nitrogens with one attached hydrogen (secondary N) is 2. The zero-order chi connectivity index (χ0) is 18.5. The first-order chi connectivity index (χ1) is 13.1. The van der Waals surface area contributed by atoms with Crippen LogP contribution in [0, 0.1) is 5.95 Å². The van der Waals surface area contributed by atoms with Crippen LogP contribution < -0.4 is 11.2 Å². The minimum atomic E-state index is -0.621. The molecule has 0 spiro atoms. The number of hydrogen-bond acceptors (Lipinski definition) is 5. The fourth-order valence-corrected chi connectivity index (χ4v) is 3.43. The van der Waals surface area contributed by atoms with E-state index in [-0.39, 0.29) is 23.1 Å². The number of aromatic nitrogens is 6. The Morgan fingerprint density at radius 2 is 2.07 bits per heavy atom. The number of imidazole rings is 1. The Balaban J connectivity index is 1.66. The van der Waals surface area contributed by atoms with Crippen molar-refractivity contribution >= 4 is 5.65 Å². The van der Waals surface area contributed by atoms with E-state index >= 15 is 0 Å². The third kappa shape index (κ3) is 2.55. The summed E-state index contributed by atoms with van der Waals surface area (Å²) in [6.45, 7) is 0. The zero-order valence-corrected chi connectivity index (χ0v) is 13.9. The minimum absolute atomic E-state index is 0.104. The van der Waals surface area contributed by atoms with Crippen LogP contribution in [0.5, 0.6) is 0 Å². The van der Waals surface area contributed by atoms with E-state index in [4.69, 9.17) is 0 Å². The van der Waals surface area contributed by atoms with Gasteiger partial charge in [0.25, 0.3) is 5.56 Å². The van der Waals surface area contributed by atoms with Gasteiger partial charge in [0.05, 0.1) is 17.5 Å². The summed E-state index contributed by atoms with van der Waals surface area (Å²) in [5.74, 6) is -0.310. The average Bonchev–Trinajstić information content (AvgIpc) is 3.39. The molecule has 1 fully saturated rings. The van der Waals surface area contributed by atoms with Crippen molar-refractivity contribution in [3.8, 4) is 11.3 Å². The van der Waals surface area contributed by atoms with E-state index in [1.807, 2.05) is 18.2 Å². The number of hydrogen-bond donors (Lipinski definition) is 2. The van der Waals surface area contributed by atoms with Crippen molar-refractivity contribution in [2.75, 3.05) is 0 Å². The molecule has 0 saturated heterocycles. The number of nitrogens with zero attached hydrogens (tertiary/aromatic N) is 4. The number of pyridine rings is 1. The molecular weight excluding hydrogens is 351 g/mol. The predicted molar refractivity (Wildman–Crippen MR) is 94.0 cm³/mol. The van der Waals surface area contributed by atoms with E-state index in [0.717, 1.165) is 28.4 Å². The van der Waals surface area contributed by atoms with Gasteiger partial charge < -0.3 is 4.98 Å². The van der Waals surface area contributed by atoms with Crippen LogP contribution in [0.1, 0.15) is 29.5 Å². The maximum atomic E-state index is 14.2. The van der Waals surface area contributed by atoms with E-state index in [1.54, 1.807) is 12.3 Å². The van der Waals surface area contributed by atoms with Crippen LogP contribution >= 0.6 is 0 Å². The Morgan fingerprint density at radius 3 is 2.85 bits per heavy atom. The largest absolute Gasteiger partial charge is 0.325 e. The number of H-pyrrole nitrogens is 2. The standard InChI is InChI=1S/C18H13FN6O2/c19-15-8-21-16-11(9-5-10(9)13-3-1-2-4-20-13)6-14(24-25(15)16)12-7-22-18(27)23-17(12)26/h1-4,6-10H,5H2,(H2,22,23,26,27)/t9-,10-/m0/s1. The second kappa shape index (κ2) is 5.70. The van der Waals surface area contributed by atoms with E-state index < -0.39 is 17.2 Å². The highest BCUT2D eigenvalue weighted by Crippen LogP contribution is 2.55. The lowest BCUT2D eigenvalue weighted by molar-refractivity contribution is 0.549. The highest BCUT2D eigenvalue weighted by Gasteiger charge is 2.42. The molecule has 9 heteroatoms. The first kappa shape index (κ1) is 15.6. The van der Waals surface area contributed by atoms with Crippen LogP contribution in [-0.4, -0.2) is 29.5 Å². The van der Waals surface area contributed by atoms with Gasteiger partial charge in [-0.2, -0.15) is 14.0 Å². The van der Waals surface area contributed by atoms with E-state index in [9.17, 15) is 14.0 Å². The van der Waals surface area contributed by atoms with Gasteiger partial charge in [-0.1, -0.05) is 6.07 Å². The third-order valence-electron chi connectivity index (χ3n) is 4.81. The number of rotatable bonds is 3. The van der Waals surface area contributed by atoms with Crippen molar-refractivity contribution in [2.45, 2.75) is 18.3 Å². The maximum Gasteiger partial charge on any atom is 0.325 e. The van der Waals surface area contributed by atoms with Gasteiger partial charge in [0.1, 0.15) is 0 Å². The molecule has 0 unspecified atom stereocenters. The highest BCUT2D eigenvalue weighted by atomic mass is 19.1. The summed E-state index contributed by atoms with van der Waals surface area (Å²) in [7, 11) is 0. The molecule has 2 atom stereocenters. The van der Waals surface area contributed by atoms with Crippen LogP contribution in [0.4, 0.5) is 4.39 Å². The fourth-order valence-electron chi connectivity index (χ4n) is 3.43. The average molecular weight is 364 g/mol. The minimum Gasteiger partial charge on any atom is -0.313 e. The molecule has 8 nitrogen and oxygen atoms in total. The molecule has 1 aliphatic rings. The highest BCUT2D eigenvalue weighted by molar-refractivity contribution is 5.63. The first-order valence-corrected chi connectivity index (χ1v) is 8.39. The summed E-state index contributed by atoms with van der Waals surface area (Å²) in [6.07, 6.45) is 4.97. The smallest absolute Gasteiger partial charge is 0.313 e. The molecule has 0 radical (unpaired) electrons. The first-order valence-electron chi connectivity index (χ1n) is 8.39. The molecule has 0 aromatic carbocycles. The molecule has 5 rings (SSSR count). The van der Waals surface area contributed by atoms with E-state index in [2.05, 4.69) is 25.0 Å². The zero-order valence-electron chi connectivity index (χ0n) is 13.9. The number of fused-ring (bicyclic) bond motifs is 1. The van der Waals surface area contributed by atoms with Gasteiger partial charge in [0.15, 0.2) is 5.65 Å². The van der Waals surface area contributed by atoms with Crippen LogP contribution in [0.25, 0.3) is 16.9 Å². The van der Waals surface area contributed by atoms with Crippen LogP contribution in [0.15, 0.2) is 52.4 Å². The van der Waals surface area contributed by atoms with Crippen molar-refractivity contribution in [3.05, 3.63) is 80.9 Å². The lowest BCUT2D eigenvalue weighted by Crippen LogP contribution is -2.23. The van der Waals surface area contributed by atoms with Crippen molar-refractivity contribution in [3.63, 3.8) is 0 Å². The molecule has 0 bridgehead atoms. The van der Waals surface area contributed by atoms with Gasteiger partial charge in [0.2, 0.25) is 5.95 Å². The molecule has 0 aliphatic heterocycles. The summed E-state index contributed by atoms with van der Waals surface area (Å²) in [5.41, 5.74) is 1.39. The monoisotopic (exact) mass is 364 g/mol. The maximum absolute atomic E-state index is 14.2. The van der Waals surface area contributed by atoms with Crippen LogP contribution in [0.2, 0.25) is 0 Å². The lowest BCUT2D eigenvalue weighted by atomic mass is 10.1. The molecular formula is C18H13FN6O2. The second-order valence-electron chi connectivity index (χ2n) is 6.49. The molecule has 4 heterocycles. The van der Waals surface area contributed by atoms with Gasteiger partial charge in [-0.3, -0.25) is 14.8 Å². The normalized spacial score (nSPS) is 18.7. The van der Waals surface area contributed by atoms with Crippen molar-refractivity contribution < 1.29 is 4.39 Å². The SMILES string of the molecule is O=c1[nH]cc(-c2cc([C@H]3C[C@@H]3c3ccccn3)c3ncc(F)n3n2)c(=O)[nH]1. The fraction of sp³-hybridized carbons (Fsp3) is 0.167. The summed E-state index contributed by atoms with van der Waals surface area (Å²) in [5, 5.41) is 4.19. The lowest BCUT2D eigenvalue weighted by Gasteiger charge is -2.07. The van der Waals surface area contributed by atoms with Crippen LogP contribution in [0.3, 0.4) is 0 Å². The Hall–Kier alpha value is -3.62. The van der Waals surface area contributed by atoms with Gasteiger partial charge in [0, 0.05) is 29.6 Å². The molecule has 1 saturated carbocycles. The van der Waals surface area contributed by atoms with Gasteiger partial charge in [-0.15, -0.1) is 0 Å². The molecule has 2 N–H and O–H groups in total. The molecule has 0 amide bonds. The third-order valence-corrected chi connectivity index (χ3v) is 4.81. The Morgan fingerprint density at radius 1 is 1.19 bits per heavy atom. The second-order valence-corrected chi connectivity index (χ2v) is 6.49. The molecule has 134 valence electrons. The molecule has 1 aliphatic carbocycles. The number of aromatic amines is 2. The van der Waals surface area contributed by atoms with Gasteiger partial charge in [-0.05, 0) is 30.5 Å². The number of halogens is 1. The van der Waals surface area contributed by atoms with Gasteiger partial charge >= 0.3 is 5.69 Å². The van der Waals surface area contributed by atoms with E-state index in [0.29, 0.717) is 5.65 Å². The Kier molecular flexibility index (Phi) is 3.30. The van der Waals surface area contributed by atoms with Gasteiger partial charge in [-0.25, -0.2) is 9.78 Å². The summed E-state index contributed by atoms with van der Waals surface area (Å²) in [4.78, 5) is 36.5. The van der Waals surface area contributed by atoms with Crippen molar-refractivity contribution in [1.29, 1.82) is 0 Å². The van der Waals surface area contributed by atoms with Crippen molar-refractivity contribution in [1.82, 2.24) is 29.5 Å². The molecule has 27 heavy (non-hydrogen) atoms. The molecule has 4 aromatic heterocycles. The topological polar surface area (TPSA) is 109 Å².